The highest BCUT2D eigenvalue weighted by atomic mass is 16.2. The Morgan fingerprint density at radius 3 is 2.28 bits per heavy atom. The summed E-state index contributed by atoms with van der Waals surface area (Å²) in [6.45, 7) is 0. The van der Waals surface area contributed by atoms with Crippen molar-refractivity contribution in [3.05, 3.63) is 59.7 Å². The number of hydrogen-bond donors (Lipinski definition) is 0. The van der Waals surface area contributed by atoms with Crippen LogP contribution in [0.4, 0.5) is 0 Å². The summed E-state index contributed by atoms with van der Waals surface area (Å²) < 4.78 is 0. The average molecular weight is 239 g/mol. The Labute approximate surface area is 103 Å². The summed E-state index contributed by atoms with van der Waals surface area (Å²) in [7, 11) is 0. The number of ketones is 1. The molecule has 1 aliphatic heterocycles. The number of carbonyl (C=O) groups excluding carboxylic acids is 3. The highest BCUT2D eigenvalue weighted by Gasteiger charge is 2.34. The summed E-state index contributed by atoms with van der Waals surface area (Å²) in [5.74, 6) is -0.800. The molecule has 18 heavy (non-hydrogen) atoms. The lowest BCUT2D eigenvalue weighted by Crippen LogP contribution is -2.35. The molecular weight excluding hydrogens is 230 g/mol. The lowest BCUT2D eigenvalue weighted by atomic mass is 9.91. The molecule has 1 aromatic rings. The van der Waals surface area contributed by atoms with Crippen LogP contribution in [0.25, 0.3) is 0 Å². The number of amides is 2. The fourth-order valence-corrected chi connectivity index (χ4v) is 2.26. The third kappa shape index (κ3) is 1.43. The van der Waals surface area contributed by atoms with E-state index in [-0.39, 0.29) is 17.6 Å². The first kappa shape index (κ1) is 10.7. The molecule has 3 rings (SSSR count). The predicted octanol–water partition coefficient (Wildman–Crippen LogP) is 1.41. The van der Waals surface area contributed by atoms with Crippen molar-refractivity contribution in [1.82, 2.24) is 4.90 Å². The first-order chi connectivity index (χ1) is 8.68. The van der Waals surface area contributed by atoms with E-state index in [4.69, 9.17) is 0 Å². The maximum atomic E-state index is 11.7. The molecule has 0 spiro atoms. The molecule has 2 amide bonds. The van der Waals surface area contributed by atoms with E-state index < -0.39 is 6.04 Å². The number of benzene rings is 1. The second kappa shape index (κ2) is 3.77. The van der Waals surface area contributed by atoms with Crippen LogP contribution >= 0.6 is 0 Å². The van der Waals surface area contributed by atoms with Crippen LogP contribution in [0.1, 0.15) is 22.0 Å². The van der Waals surface area contributed by atoms with E-state index in [0.29, 0.717) is 11.1 Å². The van der Waals surface area contributed by atoms with Crippen molar-refractivity contribution in [2.45, 2.75) is 6.04 Å². The topological polar surface area (TPSA) is 54.5 Å². The minimum atomic E-state index is -0.492. The van der Waals surface area contributed by atoms with Gasteiger partial charge in [-0.1, -0.05) is 30.3 Å². The van der Waals surface area contributed by atoms with Crippen LogP contribution in [-0.4, -0.2) is 22.5 Å². The molecule has 1 aliphatic carbocycles. The van der Waals surface area contributed by atoms with Gasteiger partial charge in [-0.15, -0.1) is 0 Å². The number of nitrogens with zero attached hydrogens (tertiary/aromatic N) is 1. The van der Waals surface area contributed by atoms with Gasteiger partial charge in [-0.05, 0) is 11.6 Å². The third-order valence-electron chi connectivity index (χ3n) is 3.10. The molecule has 88 valence electrons. The largest absolute Gasteiger partial charge is 0.289 e. The molecule has 0 bridgehead atoms. The van der Waals surface area contributed by atoms with Crippen LogP contribution < -0.4 is 0 Å². The summed E-state index contributed by atoms with van der Waals surface area (Å²) in [6.07, 6.45) is 5.49. The average Bonchev–Trinajstić information content (AvgIpc) is 2.71. The SMILES string of the molecule is O=C1C=CC(N2C(=O)C=CC2=O)c2ccccc21. The summed E-state index contributed by atoms with van der Waals surface area (Å²) in [6, 6.07) is 6.52. The number of carbonyl (C=O) groups is 3. The molecule has 0 fully saturated rings. The van der Waals surface area contributed by atoms with E-state index >= 15 is 0 Å². The zero-order valence-corrected chi connectivity index (χ0v) is 9.37. The van der Waals surface area contributed by atoms with Crippen molar-refractivity contribution in [3.8, 4) is 0 Å². The number of allylic oxidation sites excluding steroid dienone is 1. The molecule has 1 heterocycles. The van der Waals surface area contributed by atoms with E-state index in [1.165, 1.54) is 18.2 Å². The van der Waals surface area contributed by atoms with Crippen LogP contribution in [0.2, 0.25) is 0 Å². The molecule has 0 saturated carbocycles. The molecule has 4 nitrogen and oxygen atoms in total. The Morgan fingerprint density at radius 2 is 1.56 bits per heavy atom. The lowest BCUT2D eigenvalue weighted by Gasteiger charge is -2.27. The number of imide groups is 1. The van der Waals surface area contributed by atoms with Crippen molar-refractivity contribution in [3.63, 3.8) is 0 Å². The maximum Gasteiger partial charge on any atom is 0.254 e. The van der Waals surface area contributed by atoms with Gasteiger partial charge in [-0.2, -0.15) is 0 Å². The molecule has 0 N–H and O–H groups in total. The number of fused-ring (bicyclic) bond motifs is 1. The monoisotopic (exact) mass is 239 g/mol. The van der Waals surface area contributed by atoms with Crippen molar-refractivity contribution in [1.29, 1.82) is 0 Å². The van der Waals surface area contributed by atoms with Gasteiger partial charge in [-0.3, -0.25) is 19.3 Å². The Morgan fingerprint density at radius 1 is 0.889 bits per heavy atom. The maximum absolute atomic E-state index is 11.7. The van der Waals surface area contributed by atoms with Gasteiger partial charge in [0.05, 0.1) is 6.04 Å². The van der Waals surface area contributed by atoms with Gasteiger partial charge < -0.3 is 0 Å². The van der Waals surface area contributed by atoms with E-state index in [2.05, 4.69) is 0 Å². The molecular formula is C14H9NO3. The van der Waals surface area contributed by atoms with Gasteiger partial charge in [0.15, 0.2) is 5.78 Å². The Bertz CT molecular complexity index is 610. The Kier molecular flexibility index (Phi) is 2.23. The predicted molar refractivity (Wildman–Crippen MR) is 63.6 cm³/mol. The zero-order valence-electron chi connectivity index (χ0n) is 9.37. The van der Waals surface area contributed by atoms with Crippen molar-refractivity contribution < 1.29 is 14.4 Å². The van der Waals surface area contributed by atoms with Gasteiger partial charge in [0, 0.05) is 17.7 Å². The van der Waals surface area contributed by atoms with Gasteiger partial charge in [0.1, 0.15) is 0 Å². The van der Waals surface area contributed by atoms with Gasteiger partial charge in [0.25, 0.3) is 11.8 Å². The standard InChI is InChI=1S/C14H9NO3/c16-12-6-5-11(9-3-1-2-4-10(9)12)15-13(17)7-8-14(15)18/h1-8,11H. The fourth-order valence-electron chi connectivity index (χ4n) is 2.26. The van der Waals surface area contributed by atoms with E-state index in [1.807, 2.05) is 0 Å². The summed E-state index contributed by atoms with van der Waals surface area (Å²) in [5.41, 5.74) is 1.23. The second-order valence-electron chi connectivity index (χ2n) is 4.14. The molecule has 1 aromatic carbocycles. The minimum absolute atomic E-state index is 0.103. The quantitative estimate of drug-likeness (QED) is 0.696. The van der Waals surface area contributed by atoms with Crippen LogP contribution in [0.5, 0.6) is 0 Å². The highest BCUT2D eigenvalue weighted by molar-refractivity contribution is 6.14. The Balaban J connectivity index is 2.09. The zero-order chi connectivity index (χ0) is 12.7. The summed E-state index contributed by atoms with van der Waals surface area (Å²) >= 11 is 0. The van der Waals surface area contributed by atoms with Gasteiger partial charge in [-0.25, -0.2) is 0 Å². The van der Waals surface area contributed by atoms with E-state index in [9.17, 15) is 14.4 Å². The first-order valence-electron chi connectivity index (χ1n) is 5.55. The van der Waals surface area contributed by atoms with Crippen molar-refractivity contribution >= 4 is 17.6 Å². The normalized spacial score (nSPS) is 21.7. The van der Waals surface area contributed by atoms with Gasteiger partial charge >= 0.3 is 0 Å². The van der Waals surface area contributed by atoms with Crippen LogP contribution in [0.15, 0.2) is 48.6 Å². The molecule has 4 heteroatoms. The fraction of sp³-hybridized carbons (Fsp3) is 0.0714. The Hall–Kier alpha value is -2.49. The first-order valence-corrected chi connectivity index (χ1v) is 5.55. The van der Waals surface area contributed by atoms with Crippen molar-refractivity contribution in [2.24, 2.45) is 0 Å². The third-order valence-corrected chi connectivity index (χ3v) is 3.10. The van der Waals surface area contributed by atoms with Crippen LogP contribution in [-0.2, 0) is 9.59 Å². The van der Waals surface area contributed by atoms with Crippen LogP contribution in [0.3, 0.4) is 0 Å². The number of rotatable bonds is 1. The molecule has 1 atom stereocenters. The van der Waals surface area contributed by atoms with Crippen LogP contribution in [0, 0.1) is 0 Å². The molecule has 2 aliphatic rings. The molecule has 0 radical (unpaired) electrons. The smallest absolute Gasteiger partial charge is 0.254 e. The van der Waals surface area contributed by atoms with Crippen molar-refractivity contribution in [2.75, 3.05) is 0 Å². The molecule has 0 saturated heterocycles. The minimum Gasteiger partial charge on any atom is -0.289 e. The van der Waals surface area contributed by atoms with Gasteiger partial charge in [0.2, 0.25) is 0 Å². The molecule has 0 aromatic heterocycles. The van der Waals surface area contributed by atoms with E-state index in [0.717, 1.165) is 4.90 Å². The summed E-state index contributed by atoms with van der Waals surface area (Å²) in [4.78, 5) is 36.2. The lowest BCUT2D eigenvalue weighted by molar-refractivity contribution is -0.138. The number of hydrogen-bond acceptors (Lipinski definition) is 3. The summed E-state index contributed by atoms with van der Waals surface area (Å²) in [5, 5.41) is 0. The van der Waals surface area contributed by atoms with E-state index in [1.54, 1.807) is 30.3 Å². The highest BCUT2D eigenvalue weighted by Crippen LogP contribution is 2.31. The second-order valence-corrected chi connectivity index (χ2v) is 4.14. The molecule has 1 unspecified atom stereocenters.